The van der Waals surface area contributed by atoms with E-state index in [0.29, 0.717) is 12.0 Å². The maximum Gasteiger partial charge on any atom is 0.0956 e. The lowest BCUT2D eigenvalue weighted by Gasteiger charge is -1.99. The summed E-state index contributed by atoms with van der Waals surface area (Å²) in [5.41, 5.74) is 2.68. The Hall–Kier alpha value is -2.59. The molecule has 1 nitrogen and oxygen atoms in total. The number of allylic oxidation sites excluding steroid dienone is 7. The second-order valence-electron chi connectivity index (χ2n) is 3.88. The van der Waals surface area contributed by atoms with E-state index in [4.69, 9.17) is 0 Å². The van der Waals surface area contributed by atoms with Crippen molar-refractivity contribution in [2.75, 3.05) is 0 Å². The summed E-state index contributed by atoms with van der Waals surface area (Å²) in [5.74, 6) is 0. The molecule has 0 unspecified atom stereocenters. The standard InChI is InChI=1S/C18H17N/c1-3-5-12-17(18(15-19)9-4-2)14-13-16-10-7-6-8-11-16/h3-8,10-14H,1-2,9H2. The van der Waals surface area contributed by atoms with Crippen LogP contribution >= 0.6 is 0 Å². The molecule has 0 atom stereocenters. The van der Waals surface area contributed by atoms with Gasteiger partial charge in [0.25, 0.3) is 0 Å². The fourth-order valence-electron chi connectivity index (χ4n) is 1.55. The lowest BCUT2D eigenvalue weighted by Crippen LogP contribution is -1.83. The third-order valence-corrected chi connectivity index (χ3v) is 2.50. The molecule has 0 aliphatic rings. The molecule has 1 heteroatoms. The van der Waals surface area contributed by atoms with Crippen LogP contribution in [0.3, 0.4) is 0 Å². The van der Waals surface area contributed by atoms with E-state index in [-0.39, 0.29) is 0 Å². The van der Waals surface area contributed by atoms with Crippen molar-refractivity contribution < 1.29 is 0 Å². The molecule has 0 bridgehead atoms. The molecule has 1 aromatic carbocycles. The van der Waals surface area contributed by atoms with Gasteiger partial charge in [0, 0.05) is 12.0 Å². The van der Waals surface area contributed by atoms with Gasteiger partial charge in [0.1, 0.15) is 0 Å². The van der Waals surface area contributed by atoms with Crippen LogP contribution in [0.1, 0.15) is 12.0 Å². The van der Waals surface area contributed by atoms with Gasteiger partial charge in [0.2, 0.25) is 0 Å². The van der Waals surface area contributed by atoms with Crippen LogP contribution < -0.4 is 0 Å². The van der Waals surface area contributed by atoms with E-state index < -0.39 is 0 Å². The summed E-state index contributed by atoms with van der Waals surface area (Å²) >= 11 is 0. The lowest BCUT2D eigenvalue weighted by atomic mass is 10.0. The topological polar surface area (TPSA) is 23.8 Å². The first-order valence-corrected chi connectivity index (χ1v) is 6.08. The van der Waals surface area contributed by atoms with E-state index in [1.807, 2.05) is 54.6 Å². The van der Waals surface area contributed by atoms with Crippen LogP contribution in [0.2, 0.25) is 0 Å². The number of hydrogen-bond acceptors (Lipinski definition) is 1. The molecular formula is C18H17N. The molecule has 0 radical (unpaired) electrons. The van der Waals surface area contributed by atoms with Crippen LogP contribution in [0.15, 0.2) is 85.0 Å². The smallest absolute Gasteiger partial charge is 0.0956 e. The number of nitriles is 1. The fraction of sp³-hybridized carbons (Fsp3) is 0.0556. The maximum atomic E-state index is 9.17. The van der Waals surface area contributed by atoms with Gasteiger partial charge in [-0.3, -0.25) is 0 Å². The first kappa shape index (κ1) is 14.5. The van der Waals surface area contributed by atoms with Crippen molar-refractivity contribution in [3.8, 4) is 6.07 Å². The molecule has 0 N–H and O–H groups in total. The van der Waals surface area contributed by atoms with E-state index in [1.165, 1.54) is 0 Å². The SMILES string of the molecule is C=CC=CC(C=Cc1ccccc1)=C(C#N)CC=C. The van der Waals surface area contributed by atoms with Crippen molar-refractivity contribution in [1.29, 1.82) is 5.26 Å². The summed E-state index contributed by atoms with van der Waals surface area (Å²) in [4.78, 5) is 0. The van der Waals surface area contributed by atoms with Gasteiger partial charge in [-0.15, -0.1) is 6.58 Å². The molecule has 19 heavy (non-hydrogen) atoms. The third kappa shape index (κ3) is 5.06. The Morgan fingerprint density at radius 3 is 2.47 bits per heavy atom. The summed E-state index contributed by atoms with van der Waals surface area (Å²) in [6.07, 6.45) is 11.6. The molecule has 0 fully saturated rings. The minimum absolute atomic E-state index is 0.562. The van der Waals surface area contributed by atoms with Gasteiger partial charge in [-0.05, 0) is 11.1 Å². The van der Waals surface area contributed by atoms with Crippen LogP contribution in [-0.4, -0.2) is 0 Å². The van der Waals surface area contributed by atoms with Crippen molar-refractivity contribution in [1.82, 2.24) is 0 Å². The van der Waals surface area contributed by atoms with Crippen LogP contribution in [0, 0.1) is 11.3 Å². The van der Waals surface area contributed by atoms with Crippen LogP contribution in [-0.2, 0) is 0 Å². The van der Waals surface area contributed by atoms with Gasteiger partial charge in [0.05, 0.1) is 6.07 Å². The molecule has 0 saturated heterocycles. The molecule has 1 rings (SSSR count). The Labute approximate surface area is 115 Å². The van der Waals surface area contributed by atoms with Gasteiger partial charge < -0.3 is 0 Å². The Bertz CT molecular complexity index is 551. The summed E-state index contributed by atoms with van der Waals surface area (Å²) in [5, 5.41) is 9.17. The van der Waals surface area contributed by atoms with E-state index in [2.05, 4.69) is 19.2 Å². The molecule has 94 valence electrons. The van der Waals surface area contributed by atoms with Crippen molar-refractivity contribution in [3.63, 3.8) is 0 Å². The second kappa shape index (κ2) is 8.49. The average molecular weight is 247 g/mol. The predicted octanol–water partition coefficient (Wildman–Crippen LogP) is 4.84. The minimum Gasteiger partial charge on any atom is -0.193 e. The summed E-state index contributed by atoms with van der Waals surface area (Å²) in [7, 11) is 0. The zero-order valence-corrected chi connectivity index (χ0v) is 10.9. The molecule has 0 aliphatic carbocycles. The van der Waals surface area contributed by atoms with E-state index in [0.717, 1.165) is 11.1 Å². The molecule has 0 aliphatic heterocycles. The quantitative estimate of drug-likeness (QED) is 0.401. The van der Waals surface area contributed by atoms with Crippen molar-refractivity contribution in [2.24, 2.45) is 0 Å². The van der Waals surface area contributed by atoms with Crippen molar-refractivity contribution >= 4 is 6.08 Å². The van der Waals surface area contributed by atoms with Gasteiger partial charge in [0.15, 0.2) is 0 Å². The van der Waals surface area contributed by atoms with Crippen LogP contribution in [0.25, 0.3) is 6.08 Å². The molecule has 0 spiro atoms. The largest absolute Gasteiger partial charge is 0.193 e. The zero-order chi connectivity index (χ0) is 13.9. The highest BCUT2D eigenvalue weighted by Gasteiger charge is 1.98. The number of hydrogen-bond donors (Lipinski definition) is 0. The fourth-order valence-corrected chi connectivity index (χ4v) is 1.55. The second-order valence-corrected chi connectivity index (χ2v) is 3.88. The highest BCUT2D eigenvalue weighted by Crippen LogP contribution is 2.14. The van der Waals surface area contributed by atoms with Gasteiger partial charge in [-0.1, -0.05) is 73.4 Å². The molecule has 0 aromatic heterocycles. The Morgan fingerprint density at radius 2 is 1.89 bits per heavy atom. The van der Waals surface area contributed by atoms with Gasteiger partial charge in [-0.2, -0.15) is 5.26 Å². The number of rotatable bonds is 6. The Balaban J connectivity index is 3.08. The lowest BCUT2D eigenvalue weighted by molar-refractivity contribution is 1.26. The summed E-state index contributed by atoms with van der Waals surface area (Å²) in [6, 6.07) is 12.2. The zero-order valence-electron chi connectivity index (χ0n) is 10.9. The monoisotopic (exact) mass is 247 g/mol. The van der Waals surface area contributed by atoms with Gasteiger partial charge in [-0.25, -0.2) is 0 Å². The molecule has 1 aromatic rings. The average Bonchev–Trinajstić information content (AvgIpc) is 2.46. The van der Waals surface area contributed by atoms with Crippen LogP contribution in [0.4, 0.5) is 0 Å². The summed E-state index contributed by atoms with van der Waals surface area (Å²) < 4.78 is 0. The van der Waals surface area contributed by atoms with Crippen LogP contribution in [0.5, 0.6) is 0 Å². The summed E-state index contributed by atoms with van der Waals surface area (Å²) in [6.45, 7) is 7.32. The van der Waals surface area contributed by atoms with E-state index >= 15 is 0 Å². The highest BCUT2D eigenvalue weighted by atomic mass is 14.2. The molecular weight excluding hydrogens is 230 g/mol. The third-order valence-electron chi connectivity index (χ3n) is 2.50. The van der Waals surface area contributed by atoms with Gasteiger partial charge >= 0.3 is 0 Å². The highest BCUT2D eigenvalue weighted by molar-refractivity contribution is 5.57. The molecule has 0 amide bonds. The normalized spacial score (nSPS) is 12.2. The Morgan fingerprint density at radius 1 is 1.16 bits per heavy atom. The number of benzene rings is 1. The maximum absolute atomic E-state index is 9.17. The minimum atomic E-state index is 0.562. The van der Waals surface area contributed by atoms with Crippen molar-refractivity contribution in [3.05, 3.63) is 90.6 Å². The predicted molar refractivity (Wildman–Crippen MR) is 82.3 cm³/mol. The first-order chi connectivity index (χ1) is 9.31. The van der Waals surface area contributed by atoms with E-state index in [1.54, 1.807) is 12.2 Å². The van der Waals surface area contributed by atoms with Crippen molar-refractivity contribution in [2.45, 2.75) is 6.42 Å². The number of nitrogens with zero attached hydrogens (tertiary/aromatic N) is 1. The molecule has 0 saturated carbocycles. The van der Waals surface area contributed by atoms with E-state index in [9.17, 15) is 5.26 Å². The Kier molecular flexibility index (Phi) is 6.47. The first-order valence-electron chi connectivity index (χ1n) is 6.08. The molecule has 0 heterocycles.